The molecule has 0 unspecified atom stereocenters. The highest BCUT2D eigenvalue weighted by Crippen LogP contribution is 2.28. The minimum atomic E-state index is 0.511. The summed E-state index contributed by atoms with van der Waals surface area (Å²) in [6, 6.07) is 11.4. The Hall–Kier alpha value is -2.40. The molecule has 0 spiro atoms. The van der Waals surface area contributed by atoms with Gasteiger partial charge in [0.25, 0.3) is 0 Å². The Morgan fingerprint density at radius 2 is 2.13 bits per heavy atom. The van der Waals surface area contributed by atoms with Gasteiger partial charge >= 0.3 is 0 Å². The molecule has 1 saturated heterocycles. The van der Waals surface area contributed by atoms with Crippen LogP contribution < -0.4 is 5.32 Å². The molecular weight excluding hydrogens is 286 g/mol. The molecule has 1 N–H and O–H groups in total. The van der Waals surface area contributed by atoms with E-state index in [1.807, 2.05) is 23.1 Å². The van der Waals surface area contributed by atoms with E-state index in [0.717, 1.165) is 36.5 Å². The van der Waals surface area contributed by atoms with Crippen molar-refractivity contribution in [1.29, 1.82) is 0 Å². The van der Waals surface area contributed by atoms with Gasteiger partial charge in [-0.15, -0.1) is 0 Å². The van der Waals surface area contributed by atoms with Gasteiger partial charge in [0.2, 0.25) is 0 Å². The fourth-order valence-corrected chi connectivity index (χ4v) is 3.40. The molecule has 0 saturated carbocycles. The van der Waals surface area contributed by atoms with Crippen LogP contribution in [-0.2, 0) is 0 Å². The van der Waals surface area contributed by atoms with Crippen LogP contribution in [0.3, 0.4) is 0 Å². The van der Waals surface area contributed by atoms with Crippen LogP contribution in [0.5, 0.6) is 0 Å². The summed E-state index contributed by atoms with van der Waals surface area (Å²) in [5.74, 6) is 1.04. The number of benzene rings is 1. The van der Waals surface area contributed by atoms with Crippen molar-refractivity contribution < 1.29 is 0 Å². The summed E-state index contributed by atoms with van der Waals surface area (Å²) in [6.45, 7) is 3.32. The molecule has 2 aromatic heterocycles. The lowest BCUT2D eigenvalue weighted by atomic mass is 10.00. The quantitative estimate of drug-likeness (QED) is 0.809. The highest BCUT2D eigenvalue weighted by atomic mass is 15.3. The Balaban J connectivity index is 1.69. The number of imidazole rings is 1. The van der Waals surface area contributed by atoms with Crippen LogP contribution in [-0.4, -0.2) is 31.9 Å². The predicted octanol–water partition coefficient (Wildman–Crippen LogP) is 3.05. The monoisotopic (exact) mass is 307 g/mol. The number of nitrogens with zero attached hydrogens (tertiary/aromatic N) is 4. The van der Waals surface area contributed by atoms with Crippen molar-refractivity contribution in [3.8, 4) is 17.1 Å². The second-order valence-electron chi connectivity index (χ2n) is 6.19. The maximum Gasteiger partial charge on any atom is 0.140 e. The average molecular weight is 307 g/mol. The van der Waals surface area contributed by atoms with E-state index in [1.54, 1.807) is 6.20 Å². The SMILES string of the molecule is C[C@H]1C[C@H](n2ccnc2-c2cccc(-n3cccn3)c2)CCN1. The van der Waals surface area contributed by atoms with E-state index >= 15 is 0 Å². The van der Waals surface area contributed by atoms with Crippen molar-refractivity contribution in [2.24, 2.45) is 0 Å². The van der Waals surface area contributed by atoms with Gasteiger partial charge in [0.1, 0.15) is 5.82 Å². The summed E-state index contributed by atoms with van der Waals surface area (Å²) < 4.78 is 4.21. The Bertz CT molecular complexity index is 774. The van der Waals surface area contributed by atoms with Gasteiger partial charge in [-0.05, 0) is 44.5 Å². The molecule has 3 heterocycles. The van der Waals surface area contributed by atoms with Crippen LogP contribution in [0.15, 0.2) is 55.1 Å². The first kappa shape index (κ1) is 14.2. The molecule has 0 amide bonds. The van der Waals surface area contributed by atoms with Gasteiger partial charge in [0.05, 0.1) is 5.69 Å². The molecule has 3 aromatic rings. The van der Waals surface area contributed by atoms with Crippen LogP contribution in [0.25, 0.3) is 17.1 Å². The van der Waals surface area contributed by atoms with Gasteiger partial charge in [-0.2, -0.15) is 5.10 Å². The molecule has 5 heteroatoms. The molecule has 0 bridgehead atoms. The van der Waals surface area contributed by atoms with E-state index in [1.165, 1.54) is 0 Å². The molecular formula is C18H21N5. The van der Waals surface area contributed by atoms with E-state index in [9.17, 15) is 0 Å². The second-order valence-corrected chi connectivity index (χ2v) is 6.19. The molecule has 4 rings (SSSR count). The fourth-order valence-electron chi connectivity index (χ4n) is 3.40. The number of rotatable bonds is 3. The molecule has 23 heavy (non-hydrogen) atoms. The van der Waals surface area contributed by atoms with E-state index < -0.39 is 0 Å². The van der Waals surface area contributed by atoms with Crippen LogP contribution in [0.4, 0.5) is 0 Å². The van der Waals surface area contributed by atoms with Gasteiger partial charge < -0.3 is 9.88 Å². The number of hydrogen-bond acceptors (Lipinski definition) is 3. The zero-order valence-electron chi connectivity index (χ0n) is 13.3. The first-order valence-corrected chi connectivity index (χ1v) is 8.18. The summed E-state index contributed by atoms with van der Waals surface area (Å²) in [4.78, 5) is 4.62. The molecule has 5 nitrogen and oxygen atoms in total. The normalized spacial score (nSPS) is 21.4. The largest absolute Gasteiger partial charge is 0.328 e. The van der Waals surface area contributed by atoms with Gasteiger partial charge in [-0.25, -0.2) is 9.67 Å². The topological polar surface area (TPSA) is 47.7 Å². The number of piperidine rings is 1. The van der Waals surface area contributed by atoms with Crippen LogP contribution in [0.1, 0.15) is 25.8 Å². The summed E-state index contributed by atoms with van der Waals surface area (Å²) in [6.07, 6.45) is 10.1. The van der Waals surface area contributed by atoms with E-state index in [0.29, 0.717) is 12.1 Å². The molecule has 0 aliphatic carbocycles. The lowest BCUT2D eigenvalue weighted by Gasteiger charge is -2.30. The van der Waals surface area contributed by atoms with Crippen LogP contribution in [0, 0.1) is 0 Å². The van der Waals surface area contributed by atoms with Gasteiger partial charge in [-0.1, -0.05) is 12.1 Å². The van der Waals surface area contributed by atoms with Gasteiger partial charge in [0, 0.05) is 42.4 Å². The van der Waals surface area contributed by atoms with E-state index in [4.69, 9.17) is 0 Å². The van der Waals surface area contributed by atoms with E-state index in [2.05, 4.69) is 57.4 Å². The average Bonchev–Trinajstić information content (AvgIpc) is 3.27. The first-order chi connectivity index (χ1) is 11.3. The minimum absolute atomic E-state index is 0.511. The zero-order chi connectivity index (χ0) is 15.6. The second kappa shape index (κ2) is 6.01. The summed E-state index contributed by atoms with van der Waals surface area (Å²) in [5, 5.41) is 7.83. The number of hydrogen-bond donors (Lipinski definition) is 1. The maximum absolute atomic E-state index is 4.62. The minimum Gasteiger partial charge on any atom is -0.328 e. The Labute approximate surface area is 136 Å². The van der Waals surface area contributed by atoms with Crippen molar-refractivity contribution in [2.45, 2.75) is 31.8 Å². The Morgan fingerprint density at radius 1 is 1.17 bits per heavy atom. The molecule has 118 valence electrons. The zero-order valence-corrected chi connectivity index (χ0v) is 13.3. The maximum atomic E-state index is 4.62. The highest BCUT2D eigenvalue weighted by Gasteiger charge is 2.22. The van der Waals surface area contributed by atoms with Crippen molar-refractivity contribution >= 4 is 0 Å². The number of nitrogens with one attached hydrogen (secondary N) is 1. The van der Waals surface area contributed by atoms with Crippen molar-refractivity contribution in [3.05, 3.63) is 55.1 Å². The molecule has 2 atom stereocenters. The summed E-state index contributed by atoms with van der Waals surface area (Å²) >= 11 is 0. The summed E-state index contributed by atoms with van der Waals surface area (Å²) in [5.41, 5.74) is 2.19. The van der Waals surface area contributed by atoms with Crippen molar-refractivity contribution in [3.63, 3.8) is 0 Å². The molecule has 1 fully saturated rings. The standard InChI is InChI=1S/C18H21N5/c1-14-12-16(6-8-19-14)22-11-9-20-18(22)15-4-2-5-17(13-15)23-10-3-7-21-23/h2-5,7,9-11,13-14,16,19H,6,8,12H2,1H3/t14-,16+/m0/s1. The third-order valence-electron chi connectivity index (χ3n) is 4.53. The Kier molecular flexibility index (Phi) is 3.71. The van der Waals surface area contributed by atoms with E-state index in [-0.39, 0.29) is 0 Å². The van der Waals surface area contributed by atoms with Gasteiger partial charge in [-0.3, -0.25) is 0 Å². The van der Waals surface area contributed by atoms with Crippen LogP contribution >= 0.6 is 0 Å². The smallest absolute Gasteiger partial charge is 0.140 e. The summed E-state index contributed by atoms with van der Waals surface area (Å²) in [7, 11) is 0. The highest BCUT2D eigenvalue weighted by molar-refractivity contribution is 5.59. The molecule has 1 aliphatic heterocycles. The van der Waals surface area contributed by atoms with Crippen molar-refractivity contribution in [1.82, 2.24) is 24.6 Å². The number of aromatic nitrogens is 4. The predicted molar refractivity (Wildman–Crippen MR) is 90.5 cm³/mol. The fraction of sp³-hybridized carbons (Fsp3) is 0.333. The van der Waals surface area contributed by atoms with Gasteiger partial charge in [0.15, 0.2) is 0 Å². The third kappa shape index (κ3) is 2.80. The molecule has 1 aliphatic rings. The van der Waals surface area contributed by atoms with Crippen molar-refractivity contribution in [2.75, 3.05) is 6.54 Å². The third-order valence-corrected chi connectivity index (χ3v) is 4.53. The Morgan fingerprint density at radius 3 is 2.96 bits per heavy atom. The lowest BCUT2D eigenvalue weighted by molar-refractivity contribution is 0.315. The lowest BCUT2D eigenvalue weighted by Crippen LogP contribution is -2.36. The molecule has 1 aromatic carbocycles. The first-order valence-electron chi connectivity index (χ1n) is 8.18. The van der Waals surface area contributed by atoms with Crippen LogP contribution in [0.2, 0.25) is 0 Å². The molecule has 0 radical (unpaired) electrons.